The highest BCUT2D eigenvalue weighted by Gasteiger charge is 2.27. The summed E-state index contributed by atoms with van der Waals surface area (Å²) in [4.78, 5) is 25.3. The molecule has 2 aromatic heterocycles. The molecule has 1 atom stereocenters. The number of aromatic nitrogens is 3. The van der Waals surface area contributed by atoms with E-state index in [0.29, 0.717) is 48.1 Å². The third-order valence-corrected chi connectivity index (χ3v) is 5.86. The molecular weight excluding hydrogens is 407 g/mol. The maximum atomic E-state index is 13.3. The Morgan fingerprint density at radius 1 is 1.27 bits per heavy atom. The molecule has 9 heteroatoms. The minimum Gasteiger partial charge on any atom is -0.352 e. The molecule has 0 spiro atoms. The van der Waals surface area contributed by atoms with Crippen LogP contribution in [0.4, 0.5) is 10.2 Å². The highest BCUT2D eigenvalue weighted by atomic mass is 35.5. The average molecular weight is 427 g/mol. The number of benzene rings is 1. The Kier molecular flexibility index (Phi) is 5.41. The van der Waals surface area contributed by atoms with Crippen molar-refractivity contribution in [3.8, 4) is 6.07 Å². The molecule has 0 saturated carbocycles. The minimum atomic E-state index is -0.364. The van der Waals surface area contributed by atoms with Crippen molar-refractivity contribution in [2.75, 3.05) is 24.5 Å². The van der Waals surface area contributed by atoms with Gasteiger partial charge in [0.25, 0.3) is 0 Å². The molecule has 4 rings (SSSR count). The molecule has 30 heavy (non-hydrogen) atoms. The number of aryl methyl sites for hydroxylation is 1. The molecular formula is C21H20ClFN6O. The summed E-state index contributed by atoms with van der Waals surface area (Å²) in [5.41, 5.74) is 1.96. The van der Waals surface area contributed by atoms with Crippen LogP contribution in [0.2, 0.25) is 5.02 Å². The molecule has 0 aliphatic carbocycles. The highest BCUT2D eigenvalue weighted by molar-refractivity contribution is 6.31. The van der Waals surface area contributed by atoms with Crippen molar-refractivity contribution in [2.45, 2.75) is 19.5 Å². The van der Waals surface area contributed by atoms with Crippen LogP contribution < -0.4 is 10.6 Å². The molecule has 0 radical (unpaired) electrons. The number of fused-ring (bicyclic) bond motifs is 1. The third kappa shape index (κ3) is 3.74. The number of anilines is 1. The van der Waals surface area contributed by atoms with Gasteiger partial charge in [-0.15, -0.1) is 0 Å². The summed E-state index contributed by atoms with van der Waals surface area (Å²) >= 11 is 6.19. The topological polar surface area (TPSA) is 78.0 Å². The highest BCUT2D eigenvalue weighted by Crippen LogP contribution is 2.26. The number of hydrogen-bond acceptors (Lipinski definition) is 6. The van der Waals surface area contributed by atoms with Crippen LogP contribution in [0.3, 0.4) is 0 Å². The van der Waals surface area contributed by atoms with Gasteiger partial charge in [0.05, 0.1) is 5.52 Å². The van der Waals surface area contributed by atoms with Gasteiger partial charge in [0.2, 0.25) is 0 Å². The van der Waals surface area contributed by atoms with Crippen molar-refractivity contribution in [3.63, 3.8) is 0 Å². The molecule has 1 unspecified atom stereocenters. The van der Waals surface area contributed by atoms with Gasteiger partial charge in [0, 0.05) is 44.3 Å². The zero-order chi connectivity index (χ0) is 21.4. The summed E-state index contributed by atoms with van der Waals surface area (Å²) in [6.45, 7) is 4.67. The van der Waals surface area contributed by atoms with Gasteiger partial charge in [0.1, 0.15) is 23.1 Å². The fraction of sp³-hybridized carbons (Fsp3) is 0.333. The number of hydrogen-bond donors (Lipinski definition) is 0. The van der Waals surface area contributed by atoms with Crippen LogP contribution in [0.1, 0.15) is 18.2 Å². The Balaban J connectivity index is 1.61. The molecule has 1 fully saturated rings. The quantitative estimate of drug-likeness (QED) is 0.640. The number of nitriles is 1. The van der Waals surface area contributed by atoms with Crippen LogP contribution in [0.15, 0.2) is 35.1 Å². The molecule has 1 aromatic carbocycles. The minimum absolute atomic E-state index is 0.139. The molecule has 7 nitrogen and oxygen atoms in total. The number of rotatable bonds is 3. The van der Waals surface area contributed by atoms with E-state index in [2.05, 4.69) is 21.8 Å². The van der Waals surface area contributed by atoms with E-state index < -0.39 is 0 Å². The fourth-order valence-electron chi connectivity index (χ4n) is 3.78. The van der Waals surface area contributed by atoms with Crippen LogP contribution in [-0.2, 0) is 13.6 Å². The number of piperazine rings is 1. The lowest BCUT2D eigenvalue weighted by Gasteiger charge is -2.40. The lowest BCUT2D eigenvalue weighted by molar-refractivity contribution is 0.180. The van der Waals surface area contributed by atoms with Crippen LogP contribution in [0.25, 0.3) is 11.0 Å². The molecule has 3 heterocycles. The van der Waals surface area contributed by atoms with E-state index in [9.17, 15) is 14.4 Å². The standard InChI is InChI=1S/C21H20ClFN6O/c1-13-11-29(8-7-28(13)12-14-3-4-15(23)9-17(14)22)20-19-18(27(2)21(30)26-20)6-5-16(10-24)25-19/h3-6,9,13H,7-8,11-12H2,1-2H3. The van der Waals surface area contributed by atoms with E-state index in [1.165, 1.54) is 16.7 Å². The first-order chi connectivity index (χ1) is 14.4. The van der Waals surface area contributed by atoms with E-state index in [1.807, 2.05) is 11.0 Å². The van der Waals surface area contributed by atoms with Gasteiger partial charge in [-0.25, -0.2) is 14.2 Å². The summed E-state index contributed by atoms with van der Waals surface area (Å²) in [6, 6.07) is 9.95. The van der Waals surface area contributed by atoms with Gasteiger partial charge in [-0.2, -0.15) is 10.2 Å². The van der Waals surface area contributed by atoms with Crippen molar-refractivity contribution >= 4 is 28.5 Å². The van der Waals surface area contributed by atoms with Crippen LogP contribution in [0.5, 0.6) is 0 Å². The molecule has 1 saturated heterocycles. The summed E-state index contributed by atoms with van der Waals surface area (Å²) < 4.78 is 14.8. The monoisotopic (exact) mass is 426 g/mol. The van der Waals surface area contributed by atoms with E-state index in [0.717, 1.165) is 5.56 Å². The van der Waals surface area contributed by atoms with Gasteiger partial charge in [-0.1, -0.05) is 17.7 Å². The zero-order valence-electron chi connectivity index (χ0n) is 16.6. The first kappa shape index (κ1) is 20.3. The van der Waals surface area contributed by atoms with E-state index in [4.69, 9.17) is 11.6 Å². The third-order valence-electron chi connectivity index (χ3n) is 5.50. The first-order valence-corrected chi connectivity index (χ1v) is 9.96. The Morgan fingerprint density at radius 2 is 2.07 bits per heavy atom. The molecule has 1 aliphatic heterocycles. The van der Waals surface area contributed by atoms with Crippen LogP contribution >= 0.6 is 11.6 Å². The predicted molar refractivity (Wildman–Crippen MR) is 113 cm³/mol. The molecule has 154 valence electrons. The maximum Gasteiger partial charge on any atom is 0.349 e. The van der Waals surface area contributed by atoms with Crippen molar-refractivity contribution in [1.82, 2.24) is 19.4 Å². The summed E-state index contributed by atoms with van der Waals surface area (Å²) in [5, 5.41) is 9.64. The molecule has 0 N–H and O–H groups in total. The van der Waals surface area contributed by atoms with Crippen LogP contribution in [-0.4, -0.2) is 45.1 Å². The second-order valence-corrected chi connectivity index (χ2v) is 7.86. The van der Waals surface area contributed by atoms with Crippen molar-refractivity contribution in [3.05, 3.63) is 62.9 Å². The van der Waals surface area contributed by atoms with Gasteiger partial charge < -0.3 is 4.90 Å². The number of nitrogens with zero attached hydrogens (tertiary/aromatic N) is 6. The molecule has 3 aromatic rings. The fourth-order valence-corrected chi connectivity index (χ4v) is 4.01. The molecule has 1 aliphatic rings. The Morgan fingerprint density at radius 3 is 2.77 bits per heavy atom. The van der Waals surface area contributed by atoms with Gasteiger partial charge >= 0.3 is 5.69 Å². The predicted octanol–water partition coefficient (Wildman–Crippen LogP) is 2.70. The van der Waals surface area contributed by atoms with E-state index in [1.54, 1.807) is 25.2 Å². The molecule has 0 bridgehead atoms. The van der Waals surface area contributed by atoms with Gasteiger partial charge in [0.15, 0.2) is 5.82 Å². The first-order valence-electron chi connectivity index (χ1n) is 9.58. The van der Waals surface area contributed by atoms with Crippen molar-refractivity contribution in [2.24, 2.45) is 7.05 Å². The van der Waals surface area contributed by atoms with Gasteiger partial charge in [-0.05, 0) is 36.8 Å². The SMILES string of the molecule is CC1CN(c2nc(=O)n(C)c3ccc(C#N)nc23)CCN1Cc1ccc(F)cc1Cl. The normalized spacial score (nSPS) is 17.3. The lowest BCUT2D eigenvalue weighted by Crippen LogP contribution is -2.52. The van der Waals surface area contributed by atoms with Crippen LogP contribution in [0, 0.1) is 17.1 Å². The van der Waals surface area contributed by atoms with Crippen molar-refractivity contribution in [1.29, 1.82) is 5.26 Å². The maximum absolute atomic E-state index is 13.3. The summed E-state index contributed by atoms with van der Waals surface area (Å²) in [6.07, 6.45) is 0. The number of pyridine rings is 1. The lowest BCUT2D eigenvalue weighted by atomic mass is 10.1. The summed E-state index contributed by atoms with van der Waals surface area (Å²) in [7, 11) is 1.64. The van der Waals surface area contributed by atoms with E-state index in [-0.39, 0.29) is 23.2 Å². The Labute approximate surface area is 177 Å². The largest absolute Gasteiger partial charge is 0.352 e. The molecule has 0 amide bonds. The Bertz CT molecular complexity index is 1220. The summed E-state index contributed by atoms with van der Waals surface area (Å²) in [5.74, 6) is 0.144. The second kappa shape index (κ2) is 8.01. The van der Waals surface area contributed by atoms with Crippen molar-refractivity contribution < 1.29 is 4.39 Å². The second-order valence-electron chi connectivity index (χ2n) is 7.45. The Hall–Kier alpha value is -3.02. The number of halogens is 2. The van der Waals surface area contributed by atoms with Gasteiger partial charge in [-0.3, -0.25) is 9.47 Å². The smallest absolute Gasteiger partial charge is 0.349 e. The zero-order valence-corrected chi connectivity index (χ0v) is 17.4. The average Bonchev–Trinajstić information content (AvgIpc) is 2.73. The van der Waals surface area contributed by atoms with E-state index >= 15 is 0 Å².